The van der Waals surface area contributed by atoms with Crippen LogP contribution in [0.15, 0.2) is 48.2 Å². The van der Waals surface area contributed by atoms with Gasteiger partial charge in [0.25, 0.3) is 11.6 Å². The summed E-state index contributed by atoms with van der Waals surface area (Å²) in [5.41, 5.74) is 6.14. The number of primary amides is 1. The summed E-state index contributed by atoms with van der Waals surface area (Å²) in [6, 6.07) is 11.1. The van der Waals surface area contributed by atoms with Gasteiger partial charge in [-0.2, -0.15) is 5.26 Å². The van der Waals surface area contributed by atoms with Gasteiger partial charge in [-0.1, -0.05) is 0 Å². The minimum absolute atomic E-state index is 0.0159. The Morgan fingerprint density at radius 2 is 2.00 bits per heavy atom. The number of carbonyl (C=O) groups is 1. The van der Waals surface area contributed by atoms with Crippen LogP contribution in [0, 0.1) is 21.4 Å². The summed E-state index contributed by atoms with van der Waals surface area (Å²) in [5.74, 6) is -0.811. The Labute approximate surface area is 119 Å². The summed E-state index contributed by atoms with van der Waals surface area (Å²) < 4.78 is 1.68. The van der Waals surface area contributed by atoms with Gasteiger partial charge in [0.05, 0.1) is 4.92 Å². The average molecular weight is 282 g/mol. The van der Waals surface area contributed by atoms with E-state index in [2.05, 4.69) is 0 Å². The number of nitrogens with zero attached hydrogens (tertiary/aromatic N) is 3. The zero-order valence-electron chi connectivity index (χ0n) is 10.8. The molecule has 7 nitrogen and oxygen atoms in total. The van der Waals surface area contributed by atoms with Gasteiger partial charge >= 0.3 is 0 Å². The second-order valence-corrected chi connectivity index (χ2v) is 4.11. The number of nitro benzene ring substituents is 1. The monoisotopic (exact) mass is 282 g/mol. The van der Waals surface area contributed by atoms with E-state index in [0.717, 1.165) is 0 Å². The summed E-state index contributed by atoms with van der Waals surface area (Å²) in [4.78, 5) is 21.2. The lowest BCUT2D eigenvalue weighted by Crippen LogP contribution is -2.12. The molecule has 0 aliphatic heterocycles. The van der Waals surface area contributed by atoms with Gasteiger partial charge < -0.3 is 10.3 Å². The van der Waals surface area contributed by atoms with Crippen molar-refractivity contribution in [1.29, 1.82) is 5.26 Å². The Balaban J connectivity index is 2.43. The van der Waals surface area contributed by atoms with Crippen molar-refractivity contribution in [2.75, 3.05) is 0 Å². The van der Waals surface area contributed by atoms with Gasteiger partial charge in [-0.15, -0.1) is 0 Å². The van der Waals surface area contributed by atoms with Crippen LogP contribution in [0.25, 0.3) is 11.8 Å². The molecule has 0 saturated heterocycles. The first-order valence-electron chi connectivity index (χ1n) is 5.86. The van der Waals surface area contributed by atoms with E-state index < -0.39 is 10.8 Å². The van der Waals surface area contributed by atoms with Crippen molar-refractivity contribution in [1.82, 2.24) is 4.57 Å². The molecule has 0 spiro atoms. The van der Waals surface area contributed by atoms with Crippen molar-refractivity contribution in [3.05, 3.63) is 64.0 Å². The van der Waals surface area contributed by atoms with Crippen LogP contribution in [0.5, 0.6) is 0 Å². The third kappa shape index (κ3) is 2.96. The highest BCUT2D eigenvalue weighted by molar-refractivity contribution is 6.00. The lowest BCUT2D eigenvalue weighted by atomic mass is 10.2. The van der Waals surface area contributed by atoms with Crippen LogP contribution < -0.4 is 5.73 Å². The number of benzene rings is 1. The number of nitriles is 1. The van der Waals surface area contributed by atoms with Crippen LogP contribution in [-0.2, 0) is 4.79 Å². The molecule has 0 unspecified atom stereocenters. The smallest absolute Gasteiger partial charge is 0.269 e. The Morgan fingerprint density at radius 3 is 2.52 bits per heavy atom. The molecule has 0 saturated carbocycles. The van der Waals surface area contributed by atoms with Crippen LogP contribution in [0.2, 0.25) is 0 Å². The molecular weight excluding hydrogens is 272 g/mol. The minimum atomic E-state index is -0.811. The van der Waals surface area contributed by atoms with Crippen molar-refractivity contribution in [2.45, 2.75) is 0 Å². The van der Waals surface area contributed by atoms with Gasteiger partial charge in [-0.3, -0.25) is 14.9 Å². The number of nitrogens with two attached hydrogens (primary N) is 1. The first-order valence-corrected chi connectivity index (χ1v) is 5.86. The number of carbonyl (C=O) groups excluding carboxylic acids is 1. The molecule has 0 fully saturated rings. The average Bonchev–Trinajstić information content (AvgIpc) is 2.92. The van der Waals surface area contributed by atoms with Crippen LogP contribution in [0.4, 0.5) is 5.69 Å². The summed E-state index contributed by atoms with van der Waals surface area (Å²) in [6.07, 6.45) is 3.08. The zero-order chi connectivity index (χ0) is 15.4. The predicted octanol–water partition coefficient (Wildman–Crippen LogP) is 1.78. The highest BCUT2D eigenvalue weighted by Crippen LogP contribution is 2.19. The Kier molecular flexibility index (Phi) is 3.81. The molecule has 0 atom stereocenters. The quantitative estimate of drug-likeness (QED) is 0.398. The second kappa shape index (κ2) is 5.71. The molecule has 1 amide bonds. The van der Waals surface area contributed by atoms with Gasteiger partial charge in [-0.25, -0.2) is 0 Å². The van der Waals surface area contributed by atoms with E-state index in [-0.39, 0.29) is 11.3 Å². The van der Waals surface area contributed by atoms with Crippen molar-refractivity contribution >= 4 is 17.7 Å². The summed E-state index contributed by atoms with van der Waals surface area (Å²) in [7, 11) is 0. The van der Waals surface area contributed by atoms with Crippen molar-refractivity contribution in [2.24, 2.45) is 5.73 Å². The largest absolute Gasteiger partial charge is 0.365 e. The molecule has 7 heteroatoms. The molecule has 0 bridgehead atoms. The molecule has 21 heavy (non-hydrogen) atoms. The number of nitro groups is 1. The van der Waals surface area contributed by atoms with Crippen molar-refractivity contribution in [3.8, 4) is 11.8 Å². The van der Waals surface area contributed by atoms with E-state index in [1.54, 1.807) is 41.1 Å². The fraction of sp³-hybridized carbons (Fsp3) is 0. The molecule has 1 heterocycles. The van der Waals surface area contributed by atoms with Gasteiger partial charge in [0.15, 0.2) is 0 Å². The van der Waals surface area contributed by atoms with Crippen molar-refractivity contribution in [3.63, 3.8) is 0 Å². The van der Waals surface area contributed by atoms with E-state index in [9.17, 15) is 14.9 Å². The second-order valence-electron chi connectivity index (χ2n) is 4.11. The maximum absolute atomic E-state index is 11.1. The summed E-state index contributed by atoms with van der Waals surface area (Å²) in [6.45, 7) is 0. The number of hydrogen-bond acceptors (Lipinski definition) is 4. The normalized spacial score (nSPS) is 10.9. The number of hydrogen-bond donors (Lipinski definition) is 1. The van der Waals surface area contributed by atoms with E-state index in [1.807, 2.05) is 0 Å². The fourth-order valence-electron chi connectivity index (χ4n) is 1.79. The van der Waals surface area contributed by atoms with Gasteiger partial charge in [0.1, 0.15) is 11.6 Å². The lowest BCUT2D eigenvalue weighted by molar-refractivity contribution is -0.384. The Hall–Kier alpha value is -3.40. The number of non-ortho nitro benzene ring substituents is 1. The molecule has 2 aromatic rings. The minimum Gasteiger partial charge on any atom is -0.365 e. The van der Waals surface area contributed by atoms with E-state index in [1.165, 1.54) is 18.2 Å². The Bertz CT molecular complexity index is 766. The fourth-order valence-corrected chi connectivity index (χ4v) is 1.79. The van der Waals surface area contributed by atoms with Gasteiger partial charge in [0.2, 0.25) is 0 Å². The summed E-state index contributed by atoms with van der Waals surface area (Å²) >= 11 is 0. The highest BCUT2D eigenvalue weighted by atomic mass is 16.6. The third-order valence-corrected chi connectivity index (χ3v) is 2.80. The van der Waals surface area contributed by atoms with E-state index >= 15 is 0 Å². The third-order valence-electron chi connectivity index (χ3n) is 2.80. The maximum atomic E-state index is 11.1. The highest BCUT2D eigenvalue weighted by Gasteiger charge is 2.09. The molecule has 104 valence electrons. The van der Waals surface area contributed by atoms with E-state index in [4.69, 9.17) is 11.0 Å². The van der Waals surface area contributed by atoms with E-state index in [0.29, 0.717) is 11.4 Å². The molecule has 2 rings (SSSR count). The zero-order valence-corrected chi connectivity index (χ0v) is 10.8. The molecule has 0 radical (unpaired) electrons. The lowest BCUT2D eigenvalue weighted by Gasteiger charge is -2.06. The SMILES string of the molecule is N#C/C(=C\c1cccn1-c1ccc([N+](=O)[O-])cc1)C(N)=O. The molecule has 0 aliphatic carbocycles. The number of aromatic nitrogens is 1. The Morgan fingerprint density at radius 1 is 1.33 bits per heavy atom. The molecule has 1 aromatic heterocycles. The van der Waals surface area contributed by atoms with Gasteiger partial charge in [0, 0.05) is 29.7 Å². The first kappa shape index (κ1) is 14.0. The molecule has 2 N–H and O–H groups in total. The first-order chi connectivity index (χ1) is 10.0. The number of amides is 1. The summed E-state index contributed by atoms with van der Waals surface area (Å²) in [5, 5.41) is 19.5. The maximum Gasteiger partial charge on any atom is 0.269 e. The van der Waals surface area contributed by atoms with Crippen LogP contribution in [0.3, 0.4) is 0 Å². The van der Waals surface area contributed by atoms with Crippen LogP contribution in [0.1, 0.15) is 5.69 Å². The number of rotatable bonds is 4. The van der Waals surface area contributed by atoms with Crippen LogP contribution in [-0.4, -0.2) is 15.4 Å². The topological polar surface area (TPSA) is 115 Å². The van der Waals surface area contributed by atoms with Crippen LogP contribution >= 0.6 is 0 Å². The molecule has 0 aliphatic rings. The van der Waals surface area contributed by atoms with Gasteiger partial charge in [-0.05, 0) is 30.3 Å². The predicted molar refractivity (Wildman–Crippen MR) is 75.2 cm³/mol. The standard InChI is InChI=1S/C14H10N4O3/c15-9-10(14(16)19)8-13-2-1-7-17(13)11-3-5-12(6-4-11)18(20)21/h1-8H,(H2,16,19)/b10-8+. The molecule has 1 aromatic carbocycles. The molecular formula is C14H10N4O3. The van der Waals surface area contributed by atoms with Crippen molar-refractivity contribution < 1.29 is 9.72 Å².